The first-order chi connectivity index (χ1) is 12.2. The summed E-state index contributed by atoms with van der Waals surface area (Å²) in [4.78, 5) is 14.9. The number of aromatic nitrogens is 3. The van der Waals surface area contributed by atoms with Crippen molar-refractivity contribution in [2.24, 2.45) is 0 Å². The molecule has 2 saturated carbocycles. The van der Waals surface area contributed by atoms with Gasteiger partial charge in [0.05, 0.1) is 5.25 Å². The maximum Gasteiger partial charge on any atom is 0.240 e. The number of carbonyl (C=O) groups excluding carboxylic acids is 1. The van der Waals surface area contributed by atoms with Crippen LogP contribution in [0.15, 0.2) is 29.4 Å². The summed E-state index contributed by atoms with van der Waals surface area (Å²) in [6.45, 7) is 2.78. The normalized spacial score (nSPS) is 20.6. The summed E-state index contributed by atoms with van der Waals surface area (Å²) in [7, 11) is 0. The Morgan fingerprint density at radius 3 is 2.76 bits per heavy atom. The summed E-state index contributed by atoms with van der Waals surface area (Å²) in [5.74, 6) is 1.92. The van der Waals surface area contributed by atoms with E-state index in [1.54, 1.807) is 11.8 Å². The number of hydrogen-bond acceptors (Lipinski definition) is 4. The van der Waals surface area contributed by atoms with Gasteiger partial charge in [-0.25, -0.2) is 0 Å². The third-order valence-electron chi connectivity index (χ3n) is 5.33. The van der Waals surface area contributed by atoms with Crippen LogP contribution in [0.2, 0.25) is 0 Å². The van der Waals surface area contributed by atoms with Gasteiger partial charge in [-0.05, 0) is 50.7 Å². The Morgan fingerprint density at radius 1 is 1.20 bits per heavy atom. The van der Waals surface area contributed by atoms with Gasteiger partial charge in [-0.15, -0.1) is 10.2 Å². The lowest BCUT2D eigenvalue weighted by atomic mass is 10.2. The fourth-order valence-corrected chi connectivity index (χ4v) is 4.65. The minimum absolute atomic E-state index is 0.153. The second kappa shape index (κ2) is 5.87. The summed E-state index contributed by atoms with van der Waals surface area (Å²) in [6, 6.07) is 8.78. The molecule has 1 aromatic heterocycles. The highest BCUT2D eigenvalue weighted by molar-refractivity contribution is 8.00. The molecule has 1 amide bonds. The zero-order valence-corrected chi connectivity index (χ0v) is 15.2. The average molecular weight is 354 g/mol. The number of anilines is 1. The molecule has 2 fully saturated rings. The minimum atomic E-state index is -0.153. The van der Waals surface area contributed by atoms with Crippen molar-refractivity contribution in [3.05, 3.63) is 35.7 Å². The lowest BCUT2D eigenvalue weighted by Crippen LogP contribution is -2.35. The highest BCUT2D eigenvalue weighted by atomic mass is 32.2. The van der Waals surface area contributed by atoms with E-state index in [1.165, 1.54) is 31.2 Å². The molecule has 0 spiro atoms. The van der Waals surface area contributed by atoms with Crippen LogP contribution in [0.3, 0.4) is 0 Å². The molecule has 0 unspecified atom stereocenters. The molecule has 0 radical (unpaired) electrons. The van der Waals surface area contributed by atoms with Gasteiger partial charge in [0.2, 0.25) is 5.91 Å². The van der Waals surface area contributed by atoms with Gasteiger partial charge in [0.1, 0.15) is 5.82 Å². The van der Waals surface area contributed by atoms with Crippen LogP contribution in [-0.2, 0) is 11.2 Å². The first-order valence-corrected chi connectivity index (χ1v) is 10.1. The van der Waals surface area contributed by atoms with E-state index in [0.717, 1.165) is 29.6 Å². The minimum Gasteiger partial charge on any atom is -0.311 e. The van der Waals surface area contributed by atoms with E-state index in [9.17, 15) is 4.79 Å². The van der Waals surface area contributed by atoms with Gasteiger partial charge in [0.25, 0.3) is 0 Å². The fourth-order valence-electron chi connectivity index (χ4n) is 3.66. The average Bonchev–Trinajstić information content (AvgIpc) is 3.56. The molecule has 1 atom stereocenters. The highest BCUT2D eigenvalue weighted by Gasteiger charge is 2.37. The summed E-state index contributed by atoms with van der Waals surface area (Å²) in [6.07, 6.45) is 5.84. The van der Waals surface area contributed by atoms with Gasteiger partial charge in [0, 0.05) is 24.2 Å². The molecular weight excluding hydrogens is 332 g/mol. The van der Waals surface area contributed by atoms with Gasteiger partial charge in [-0.3, -0.25) is 4.79 Å². The second-order valence-corrected chi connectivity index (χ2v) is 8.65. The first kappa shape index (κ1) is 15.4. The number of thioether (sulfide) groups is 1. The molecule has 2 aromatic rings. The van der Waals surface area contributed by atoms with E-state index in [0.29, 0.717) is 12.0 Å². The molecule has 3 aliphatic rings. The largest absolute Gasteiger partial charge is 0.311 e. The molecule has 0 bridgehead atoms. The molecule has 5 rings (SSSR count). The Kier molecular flexibility index (Phi) is 3.62. The van der Waals surface area contributed by atoms with Crippen LogP contribution in [0.4, 0.5) is 5.69 Å². The van der Waals surface area contributed by atoms with Gasteiger partial charge >= 0.3 is 0 Å². The molecule has 0 N–H and O–H groups in total. The molecule has 2 heterocycles. The number of benzene rings is 1. The van der Waals surface area contributed by atoms with Crippen LogP contribution >= 0.6 is 11.8 Å². The quantitative estimate of drug-likeness (QED) is 0.771. The highest BCUT2D eigenvalue weighted by Crippen LogP contribution is 2.46. The number of fused-ring (bicyclic) bond motifs is 1. The van der Waals surface area contributed by atoms with E-state index >= 15 is 0 Å². The number of amides is 1. The molecule has 2 aliphatic carbocycles. The molecule has 6 heteroatoms. The predicted molar refractivity (Wildman–Crippen MR) is 98.1 cm³/mol. The number of hydrogen-bond donors (Lipinski definition) is 0. The summed E-state index contributed by atoms with van der Waals surface area (Å²) in [5.41, 5.74) is 2.34. The Morgan fingerprint density at radius 2 is 2.00 bits per heavy atom. The standard InChI is InChI=1S/C19H22N4OS/c1-12(18(24)22-11-10-13-4-2-3-5-16(13)22)25-19-21-20-17(14-6-7-14)23(19)15-8-9-15/h2-5,12,14-15H,6-11H2,1H3/t12-/m1/s1. The summed E-state index contributed by atoms with van der Waals surface area (Å²) >= 11 is 1.57. The molecule has 1 aromatic carbocycles. The van der Waals surface area contributed by atoms with Crippen LogP contribution in [0.25, 0.3) is 0 Å². The topological polar surface area (TPSA) is 51.0 Å². The second-order valence-electron chi connectivity index (χ2n) is 7.34. The SMILES string of the molecule is C[C@@H](Sc1nnc(C2CC2)n1C1CC1)C(=O)N1CCc2ccccc21. The fraction of sp³-hybridized carbons (Fsp3) is 0.526. The van der Waals surface area contributed by atoms with Gasteiger partial charge in [-0.1, -0.05) is 30.0 Å². The third kappa shape index (κ3) is 2.76. The zero-order chi connectivity index (χ0) is 17.0. The molecular formula is C19H22N4OS. The number of carbonyl (C=O) groups is 1. The van der Waals surface area contributed by atoms with Crippen LogP contribution in [-0.4, -0.2) is 32.5 Å². The number of para-hydroxylation sites is 1. The van der Waals surface area contributed by atoms with E-state index in [-0.39, 0.29) is 11.2 Å². The van der Waals surface area contributed by atoms with Gasteiger partial charge < -0.3 is 9.47 Å². The van der Waals surface area contributed by atoms with Crippen molar-refractivity contribution >= 4 is 23.4 Å². The zero-order valence-electron chi connectivity index (χ0n) is 14.4. The van der Waals surface area contributed by atoms with Gasteiger partial charge in [-0.2, -0.15) is 0 Å². The smallest absolute Gasteiger partial charge is 0.240 e. The van der Waals surface area contributed by atoms with Crippen molar-refractivity contribution < 1.29 is 4.79 Å². The van der Waals surface area contributed by atoms with Gasteiger partial charge in [0.15, 0.2) is 5.16 Å². The Bertz CT molecular complexity index is 825. The molecule has 5 nitrogen and oxygen atoms in total. The lowest BCUT2D eigenvalue weighted by molar-refractivity contribution is -0.117. The predicted octanol–water partition coefficient (Wildman–Crippen LogP) is 3.56. The van der Waals surface area contributed by atoms with Crippen LogP contribution in [0.5, 0.6) is 0 Å². The molecule has 1 aliphatic heterocycles. The summed E-state index contributed by atoms with van der Waals surface area (Å²) < 4.78 is 2.32. The molecule has 130 valence electrons. The Balaban J connectivity index is 1.36. The van der Waals surface area contributed by atoms with E-state index < -0.39 is 0 Å². The number of rotatable bonds is 5. The summed E-state index contributed by atoms with van der Waals surface area (Å²) in [5, 5.41) is 9.67. The number of nitrogens with zero attached hydrogens (tertiary/aromatic N) is 4. The Labute approximate surface area is 151 Å². The Hall–Kier alpha value is -1.82. The van der Waals surface area contributed by atoms with E-state index in [2.05, 4.69) is 26.9 Å². The van der Waals surface area contributed by atoms with E-state index in [4.69, 9.17) is 0 Å². The van der Waals surface area contributed by atoms with Crippen molar-refractivity contribution in [1.29, 1.82) is 0 Å². The first-order valence-electron chi connectivity index (χ1n) is 9.23. The van der Waals surface area contributed by atoms with Crippen molar-refractivity contribution in [3.63, 3.8) is 0 Å². The van der Waals surface area contributed by atoms with Crippen molar-refractivity contribution in [2.75, 3.05) is 11.4 Å². The van der Waals surface area contributed by atoms with Crippen molar-refractivity contribution in [3.8, 4) is 0 Å². The van der Waals surface area contributed by atoms with Crippen LogP contribution in [0.1, 0.15) is 56.0 Å². The molecule has 0 saturated heterocycles. The third-order valence-corrected chi connectivity index (χ3v) is 6.37. The van der Waals surface area contributed by atoms with Crippen molar-refractivity contribution in [1.82, 2.24) is 14.8 Å². The van der Waals surface area contributed by atoms with Crippen LogP contribution < -0.4 is 4.90 Å². The maximum absolute atomic E-state index is 13.0. The van der Waals surface area contributed by atoms with Crippen LogP contribution in [0, 0.1) is 0 Å². The molecule has 25 heavy (non-hydrogen) atoms. The van der Waals surface area contributed by atoms with Crippen molar-refractivity contribution in [2.45, 2.75) is 61.4 Å². The monoisotopic (exact) mass is 354 g/mol. The van der Waals surface area contributed by atoms with E-state index in [1.807, 2.05) is 24.0 Å². The lowest BCUT2D eigenvalue weighted by Gasteiger charge is -2.21. The maximum atomic E-state index is 13.0.